The molecule has 2 nitrogen and oxygen atoms in total. The number of hydrogen-bond acceptors (Lipinski definition) is 5. The first-order chi connectivity index (χ1) is 27.8. The van der Waals surface area contributed by atoms with Crippen LogP contribution in [0.2, 0.25) is 0 Å². The Morgan fingerprint density at radius 2 is 0.561 bits per heavy atom. The highest BCUT2D eigenvalue weighted by Crippen LogP contribution is 2.43. The van der Waals surface area contributed by atoms with Gasteiger partial charge in [-0.1, -0.05) is 118 Å². The van der Waals surface area contributed by atoms with Gasteiger partial charge >= 0.3 is 0 Å². The van der Waals surface area contributed by atoms with Gasteiger partial charge < -0.3 is 0 Å². The Hall–Kier alpha value is -5.50. The number of rotatable bonds is 4. The molecule has 0 unspecified atom stereocenters. The summed E-state index contributed by atoms with van der Waals surface area (Å²) in [7, 11) is 0. The maximum Gasteiger partial charge on any atom is 0.0730 e. The number of halogens is 1. The van der Waals surface area contributed by atoms with Gasteiger partial charge in [-0.05, 0) is 116 Å². The lowest BCUT2D eigenvalue weighted by molar-refractivity contribution is 1.33. The van der Waals surface area contributed by atoms with E-state index in [9.17, 15) is 0 Å². The van der Waals surface area contributed by atoms with Gasteiger partial charge in [-0.15, -0.1) is 34.0 Å². The summed E-state index contributed by atoms with van der Waals surface area (Å²) < 4.78 is 8.21. The standard InChI is InChI=1S/C51H35BrN2S3/c1-30-4-10-33(11-5-30)48-38-20-22-40(53-38)50(35-14-8-32(3)9-15-35)46-28-29-47(57-46)51(36-16-18-37(52)19-17-36)41-23-21-39(54-41)49(34-12-6-31(2)7-13-34)45-27-25-43(56-45)42-24-26-44(48)55-42/h4-29H,1-3H3. The molecule has 0 saturated heterocycles. The molecule has 2 aliphatic rings. The highest BCUT2D eigenvalue weighted by atomic mass is 79.9. The van der Waals surface area contributed by atoms with Gasteiger partial charge in [0.15, 0.2) is 0 Å². The Morgan fingerprint density at radius 3 is 0.860 bits per heavy atom. The Kier molecular flexibility index (Phi) is 9.30. The van der Waals surface area contributed by atoms with Gasteiger partial charge in [0.25, 0.3) is 0 Å². The van der Waals surface area contributed by atoms with Crippen LogP contribution in [0.5, 0.6) is 0 Å². The molecule has 0 saturated carbocycles. The van der Waals surface area contributed by atoms with Gasteiger partial charge in [0.2, 0.25) is 0 Å². The predicted molar refractivity (Wildman–Crippen MR) is 254 cm³/mol. The van der Waals surface area contributed by atoms with Crippen molar-refractivity contribution in [3.63, 3.8) is 0 Å². The second-order valence-electron chi connectivity index (χ2n) is 14.5. The number of aryl methyl sites for hydroxylation is 3. The highest BCUT2D eigenvalue weighted by molar-refractivity contribution is 9.10. The fourth-order valence-electron chi connectivity index (χ4n) is 7.54. The van der Waals surface area contributed by atoms with Crippen LogP contribution in [0.1, 0.15) is 39.5 Å². The van der Waals surface area contributed by atoms with Crippen molar-refractivity contribution < 1.29 is 0 Å². The second kappa shape index (κ2) is 14.8. The van der Waals surface area contributed by atoms with Crippen LogP contribution in [0.4, 0.5) is 0 Å². The Morgan fingerprint density at radius 1 is 0.316 bits per heavy atom. The normalized spacial score (nSPS) is 12.1. The number of aromatic nitrogens is 2. The molecule has 0 N–H and O–H groups in total. The van der Waals surface area contributed by atoms with Gasteiger partial charge in [-0.3, -0.25) is 0 Å². The van der Waals surface area contributed by atoms with Crippen LogP contribution in [0, 0.1) is 20.8 Å². The average Bonchev–Trinajstić information content (AvgIpc) is 4.08. The maximum absolute atomic E-state index is 5.49. The SMILES string of the molecule is Cc1ccc(-c2c3nc(c(-c4ccc(C)cc4)c4ccc(s4)c4ccc(s4)c(-c4ccc(C)cc4)c4nc(c(-c5ccc(Br)cc5)c5ccc2s5)C=C4)C=C3)cc1. The minimum atomic E-state index is 0.950. The number of fused-ring (bicyclic) bond motifs is 11. The molecule has 0 radical (unpaired) electrons. The third kappa shape index (κ3) is 6.87. The van der Waals surface area contributed by atoms with Crippen molar-refractivity contribution in [3.8, 4) is 44.5 Å². The van der Waals surface area contributed by atoms with E-state index in [0.29, 0.717) is 0 Å². The van der Waals surface area contributed by atoms with E-state index in [4.69, 9.17) is 9.97 Å². The molecule has 4 aromatic heterocycles. The van der Waals surface area contributed by atoms with Crippen molar-refractivity contribution in [2.75, 3.05) is 0 Å². The molecule has 0 spiro atoms. The molecule has 6 heteroatoms. The van der Waals surface area contributed by atoms with Crippen LogP contribution in [0.3, 0.4) is 0 Å². The lowest BCUT2D eigenvalue weighted by Crippen LogP contribution is -1.86. The summed E-state index contributed by atoms with van der Waals surface area (Å²) in [6, 6.07) is 48.8. The van der Waals surface area contributed by atoms with Crippen LogP contribution in [-0.4, -0.2) is 9.97 Å². The molecule has 0 fully saturated rings. The Bertz CT molecular complexity index is 2910. The third-order valence-electron chi connectivity index (χ3n) is 10.5. The summed E-state index contributed by atoms with van der Waals surface area (Å²) in [5.74, 6) is 0. The quantitative estimate of drug-likeness (QED) is 0.176. The first kappa shape index (κ1) is 35.9. The van der Waals surface area contributed by atoms with Crippen LogP contribution >= 0.6 is 49.9 Å². The molecular weight excluding hydrogens is 817 g/mol. The summed E-state index contributed by atoms with van der Waals surface area (Å²) in [6.07, 6.45) is 8.78. The molecular formula is C51H35BrN2S3. The highest BCUT2D eigenvalue weighted by Gasteiger charge is 2.19. The molecule has 0 atom stereocenters. The smallest absolute Gasteiger partial charge is 0.0730 e. The predicted octanol–water partition coefficient (Wildman–Crippen LogP) is 16.3. The van der Waals surface area contributed by atoms with Crippen molar-refractivity contribution in [1.82, 2.24) is 9.97 Å². The maximum atomic E-state index is 5.49. The van der Waals surface area contributed by atoms with E-state index in [-0.39, 0.29) is 0 Å². The van der Waals surface area contributed by atoms with E-state index in [1.54, 1.807) is 11.3 Å². The van der Waals surface area contributed by atoms with E-state index in [0.717, 1.165) is 81.2 Å². The van der Waals surface area contributed by atoms with Gasteiger partial charge in [0, 0.05) is 54.9 Å². The van der Waals surface area contributed by atoms with E-state index >= 15 is 0 Å². The topological polar surface area (TPSA) is 25.8 Å². The van der Waals surface area contributed by atoms with E-state index in [1.165, 1.54) is 35.5 Å². The molecule has 10 rings (SSSR count). The summed E-state index contributed by atoms with van der Waals surface area (Å²) in [5.41, 5.74) is 16.6. The van der Waals surface area contributed by atoms with Gasteiger partial charge in [0.05, 0.1) is 22.8 Å². The number of hydrogen-bond donors (Lipinski definition) is 0. The van der Waals surface area contributed by atoms with Gasteiger partial charge in [-0.2, -0.15) is 0 Å². The number of nitrogens with zero attached hydrogens (tertiary/aromatic N) is 2. The fraction of sp³-hybridized carbons (Fsp3) is 0.0588. The van der Waals surface area contributed by atoms with E-state index in [1.807, 2.05) is 22.7 Å². The molecule has 0 aliphatic carbocycles. The summed E-state index contributed by atoms with van der Waals surface area (Å²) in [4.78, 5) is 11.0. The molecule has 274 valence electrons. The average molecular weight is 852 g/mol. The fourth-order valence-corrected chi connectivity index (χ4v) is 11.2. The second-order valence-corrected chi connectivity index (χ2v) is 18.7. The summed E-state index contributed by atoms with van der Waals surface area (Å²) in [5, 5.41) is 0. The number of thiophene rings is 3. The summed E-state index contributed by atoms with van der Waals surface area (Å²) >= 11 is 9.13. The summed E-state index contributed by atoms with van der Waals surface area (Å²) in [6.45, 7) is 6.42. The van der Waals surface area contributed by atoms with Crippen molar-refractivity contribution in [2.24, 2.45) is 0 Å². The Balaban J connectivity index is 1.38. The van der Waals surface area contributed by atoms with Crippen LogP contribution in [0.25, 0.3) is 97.0 Å². The monoisotopic (exact) mass is 850 g/mol. The van der Waals surface area contributed by atoms with Crippen molar-refractivity contribution in [2.45, 2.75) is 20.8 Å². The zero-order chi connectivity index (χ0) is 38.6. The lowest BCUT2D eigenvalue weighted by atomic mass is 10.0. The largest absolute Gasteiger partial charge is 0.248 e. The van der Waals surface area contributed by atoms with Crippen LogP contribution in [0.15, 0.2) is 138 Å². The minimum Gasteiger partial charge on any atom is -0.248 e. The lowest BCUT2D eigenvalue weighted by Gasteiger charge is -2.06. The first-order valence-electron chi connectivity index (χ1n) is 18.9. The molecule has 57 heavy (non-hydrogen) atoms. The zero-order valence-electron chi connectivity index (χ0n) is 31.5. The molecule has 10 bridgehead atoms. The van der Waals surface area contributed by atoms with E-state index in [2.05, 4.69) is 194 Å². The first-order valence-corrected chi connectivity index (χ1v) is 22.1. The van der Waals surface area contributed by atoms with Crippen molar-refractivity contribution in [1.29, 1.82) is 0 Å². The molecule has 2 aliphatic heterocycles. The Labute approximate surface area is 352 Å². The molecule has 8 aromatic rings. The molecule has 4 aromatic carbocycles. The molecule has 0 amide bonds. The van der Waals surface area contributed by atoms with Crippen molar-refractivity contribution >= 4 is 102 Å². The number of benzene rings is 4. The van der Waals surface area contributed by atoms with E-state index < -0.39 is 0 Å². The van der Waals surface area contributed by atoms with Crippen molar-refractivity contribution in [3.05, 3.63) is 177 Å². The molecule has 6 heterocycles. The minimum absolute atomic E-state index is 0.950. The van der Waals surface area contributed by atoms with Gasteiger partial charge in [-0.25, -0.2) is 9.97 Å². The van der Waals surface area contributed by atoms with Gasteiger partial charge in [0.1, 0.15) is 0 Å². The zero-order valence-corrected chi connectivity index (χ0v) is 35.5. The van der Waals surface area contributed by atoms with Crippen LogP contribution < -0.4 is 0 Å². The third-order valence-corrected chi connectivity index (χ3v) is 14.6. The van der Waals surface area contributed by atoms with Crippen LogP contribution in [-0.2, 0) is 0 Å².